The fraction of sp³-hybridized carbons (Fsp3) is 0.143. The SMILES string of the molecule is OC(Cc1cc(Cl)ccc1Cl)c1ccc(F)c(Cl)c1. The number of rotatable bonds is 3. The minimum absolute atomic E-state index is 0.0197. The highest BCUT2D eigenvalue weighted by Gasteiger charge is 2.13. The lowest BCUT2D eigenvalue weighted by molar-refractivity contribution is 0.178. The lowest BCUT2D eigenvalue weighted by atomic mass is 10.0. The van der Waals surface area contributed by atoms with Crippen molar-refractivity contribution in [2.24, 2.45) is 0 Å². The Morgan fingerprint density at radius 2 is 1.74 bits per heavy atom. The van der Waals surface area contributed by atoms with Crippen LogP contribution in [0.25, 0.3) is 0 Å². The first-order valence-corrected chi connectivity index (χ1v) is 6.67. The molecule has 0 fully saturated rings. The molecule has 0 amide bonds. The second kappa shape index (κ2) is 6.10. The fourth-order valence-corrected chi connectivity index (χ4v) is 2.32. The first kappa shape index (κ1) is 14.6. The quantitative estimate of drug-likeness (QED) is 0.838. The lowest BCUT2D eigenvalue weighted by Crippen LogP contribution is -2.02. The molecule has 1 N–H and O–H groups in total. The average molecular weight is 320 g/mol. The van der Waals surface area contributed by atoms with Gasteiger partial charge in [0, 0.05) is 16.5 Å². The molecule has 1 nitrogen and oxygen atoms in total. The molecule has 2 rings (SSSR count). The largest absolute Gasteiger partial charge is 0.388 e. The summed E-state index contributed by atoms with van der Waals surface area (Å²) in [5, 5.41) is 11.2. The number of aliphatic hydroxyl groups excluding tert-OH is 1. The van der Waals surface area contributed by atoms with Crippen molar-refractivity contribution in [3.05, 3.63) is 68.4 Å². The third kappa shape index (κ3) is 3.61. The van der Waals surface area contributed by atoms with Crippen LogP contribution in [0, 0.1) is 5.82 Å². The summed E-state index contributed by atoms with van der Waals surface area (Å²) < 4.78 is 13.1. The van der Waals surface area contributed by atoms with Crippen LogP contribution in [0.3, 0.4) is 0 Å². The summed E-state index contributed by atoms with van der Waals surface area (Å²) in [5.41, 5.74) is 1.25. The maximum Gasteiger partial charge on any atom is 0.141 e. The molecule has 19 heavy (non-hydrogen) atoms. The molecule has 0 spiro atoms. The molecule has 0 aromatic heterocycles. The standard InChI is InChI=1S/C14H10Cl3FO/c15-10-2-3-11(16)9(5-10)7-14(19)8-1-4-13(18)12(17)6-8/h1-6,14,19H,7H2. The van der Waals surface area contributed by atoms with Gasteiger partial charge in [-0.2, -0.15) is 0 Å². The molecule has 2 aromatic rings. The molecule has 0 saturated carbocycles. The highest BCUT2D eigenvalue weighted by molar-refractivity contribution is 6.33. The highest BCUT2D eigenvalue weighted by Crippen LogP contribution is 2.27. The predicted molar refractivity (Wildman–Crippen MR) is 76.5 cm³/mol. The zero-order valence-corrected chi connectivity index (χ0v) is 12.0. The van der Waals surface area contributed by atoms with Gasteiger partial charge in [0.05, 0.1) is 11.1 Å². The van der Waals surface area contributed by atoms with Gasteiger partial charge in [-0.1, -0.05) is 40.9 Å². The summed E-state index contributed by atoms with van der Waals surface area (Å²) in [7, 11) is 0. The van der Waals surface area contributed by atoms with Gasteiger partial charge >= 0.3 is 0 Å². The molecular weight excluding hydrogens is 310 g/mol. The van der Waals surface area contributed by atoms with Gasteiger partial charge in [0.25, 0.3) is 0 Å². The van der Waals surface area contributed by atoms with Crippen molar-refractivity contribution in [1.29, 1.82) is 0 Å². The Morgan fingerprint density at radius 1 is 1.00 bits per heavy atom. The van der Waals surface area contributed by atoms with E-state index in [4.69, 9.17) is 34.8 Å². The first-order chi connectivity index (χ1) is 8.97. The molecule has 1 unspecified atom stereocenters. The van der Waals surface area contributed by atoms with Crippen molar-refractivity contribution in [2.75, 3.05) is 0 Å². The monoisotopic (exact) mass is 318 g/mol. The normalized spacial score (nSPS) is 12.5. The Hall–Kier alpha value is -0.800. The van der Waals surface area contributed by atoms with E-state index in [1.165, 1.54) is 18.2 Å². The van der Waals surface area contributed by atoms with Crippen LogP contribution in [0.4, 0.5) is 4.39 Å². The maximum absolute atomic E-state index is 13.1. The van der Waals surface area contributed by atoms with Crippen LogP contribution < -0.4 is 0 Å². The topological polar surface area (TPSA) is 20.2 Å². The maximum atomic E-state index is 13.1. The highest BCUT2D eigenvalue weighted by atomic mass is 35.5. The van der Waals surface area contributed by atoms with Gasteiger partial charge in [-0.15, -0.1) is 0 Å². The van der Waals surface area contributed by atoms with E-state index >= 15 is 0 Å². The van der Waals surface area contributed by atoms with Gasteiger partial charge < -0.3 is 5.11 Å². The number of benzene rings is 2. The van der Waals surface area contributed by atoms with Crippen molar-refractivity contribution >= 4 is 34.8 Å². The van der Waals surface area contributed by atoms with E-state index in [-0.39, 0.29) is 11.4 Å². The van der Waals surface area contributed by atoms with Crippen LogP contribution in [-0.4, -0.2) is 5.11 Å². The Morgan fingerprint density at radius 3 is 2.42 bits per heavy atom. The van der Waals surface area contributed by atoms with Gasteiger partial charge in [-0.3, -0.25) is 0 Å². The molecule has 0 saturated heterocycles. The Kier molecular flexibility index (Phi) is 4.69. The van der Waals surface area contributed by atoms with E-state index < -0.39 is 11.9 Å². The molecular formula is C14H10Cl3FO. The Labute approximate surface area is 125 Å². The minimum Gasteiger partial charge on any atom is -0.388 e. The van der Waals surface area contributed by atoms with Crippen LogP contribution in [0.1, 0.15) is 17.2 Å². The molecule has 0 radical (unpaired) electrons. The van der Waals surface area contributed by atoms with Crippen LogP contribution in [0.15, 0.2) is 36.4 Å². The molecule has 2 aromatic carbocycles. The Balaban J connectivity index is 2.22. The predicted octanol–water partition coefficient (Wildman–Crippen LogP) is 5.06. The van der Waals surface area contributed by atoms with Crippen LogP contribution in [-0.2, 0) is 6.42 Å². The van der Waals surface area contributed by atoms with E-state index in [9.17, 15) is 9.50 Å². The molecule has 5 heteroatoms. The summed E-state index contributed by atoms with van der Waals surface area (Å²) in [5.74, 6) is -0.515. The molecule has 0 aliphatic heterocycles. The minimum atomic E-state index is -0.825. The second-order valence-corrected chi connectivity index (χ2v) is 5.38. The lowest BCUT2D eigenvalue weighted by Gasteiger charge is -2.13. The first-order valence-electron chi connectivity index (χ1n) is 5.54. The smallest absolute Gasteiger partial charge is 0.141 e. The zero-order chi connectivity index (χ0) is 14.0. The van der Waals surface area contributed by atoms with Crippen LogP contribution >= 0.6 is 34.8 Å². The van der Waals surface area contributed by atoms with Crippen molar-refractivity contribution in [2.45, 2.75) is 12.5 Å². The molecule has 100 valence electrons. The second-order valence-electron chi connectivity index (χ2n) is 4.13. The molecule has 0 bridgehead atoms. The van der Waals surface area contributed by atoms with Crippen molar-refractivity contribution in [1.82, 2.24) is 0 Å². The van der Waals surface area contributed by atoms with Crippen molar-refractivity contribution < 1.29 is 9.50 Å². The van der Waals surface area contributed by atoms with Gasteiger partial charge in [-0.05, 0) is 41.5 Å². The van der Waals surface area contributed by atoms with E-state index in [2.05, 4.69) is 0 Å². The molecule has 0 aliphatic carbocycles. The van der Waals surface area contributed by atoms with E-state index in [1.807, 2.05) is 0 Å². The van der Waals surface area contributed by atoms with E-state index in [1.54, 1.807) is 18.2 Å². The van der Waals surface area contributed by atoms with Gasteiger partial charge in [0.1, 0.15) is 5.82 Å². The zero-order valence-electron chi connectivity index (χ0n) is 9.71. The third-order valence-electron chi connectivity index (χ3n) is 2.75. The van der Waals surface area contributed by atoms with Gasteiger partial charge in [-0.25, -0.2) is 4.39 Å². The number of hydrogen-bond donors (Lipinski definition) is 1. The Bertz CT molecular complexity index is 601. The summed E-state index contributed by atoms with van der Waals surface area (Å²) in [6, 6.07) is 9.15. The average Bonchev–Trinajstić information content (AvgIpc) is 2.37. The van der Waals surface area contributed by atoms with Gasteiger partial charge in [0.2, 0.25) is 0 Å². The fourth-order valence-electron chi connectivity index (χ4n) is 1.75. The summed E-state index contributed by atoms with van der Waals surface area (Å²) in [6.07, 6.45) is -0.546. The van der Waals surface area contributed by atoms with Crippen molar-refractivity contribution in [3.63, 3.8) is 0 Å². The number of halogens is 4. The summed E-state index contributed by atoms with van der Waals surface area (Å²) >= 11 is 17.6. The molecule has 0 aliphatic rings. The van der Waals surface area contributed by atoms with E-state index in [0.29, 0.717) is 15.6 Å². The molecule has 0 heterocycles. The molecule has 1 atom stereocenters. The van der Waals surface area contributed by atoms with Crippen molar-refractivity contribution in [3.8, 4) is 0 Å². The summed E-state index contributed by atoms with van der Waals surface area (Å²) in [6.45, 7) is 0. The van der Waals surface area contributed by atoms with E-state index in [0.717, 1.165) is 5.56 Å². The number of aliphatic hydroxyl groups is 1. The van der Waals surface area contributed by atoms with Crippen LogP contribution in [0.5, 0.6) is 0 Å². The third-order valence-corrected chi connectivity index (χ3v) is 3.64. The van der Waals surface area contributed by atoms with Gasteiger partial charge in [0.15, 0.2) is 0 Å². The number of hydrogen-bond acceptors (Lipinski definition) is 1. The van der Waals surface area contributed by atoms with Crippen LogP contribution in [0.2, 0.25) is 15.1 Å². The summed E-state index contributed by atoms with van der Waals surface area (Å²) in [4.78, 5) is 0.